The van der Waals surface area contributed by atoms with Gasteiger partial charge in [-0.25, -0.2) is 4.79 Å². The molecule has 25 heavy (non-hydrogen) atoms. The fourth-order valence-corrected chi connectivity index (χ4v) is 3.44. The van der Waals surface area contributed by atoms with Crippen molar-refractivity contribution < 1.29 is 19.4 Å². The van der Waals surface area contributed by atoms with Gasteiger partial charge in [0.25, 0.3) is 5.91 Å². The summed E-state index contributed by atoms with van der Waals surface area (Å²) in [6.45, 7) is 6.62. The van der Waals surface area contributed by atoms with Gasteiger partial charge in [-0.1, -0.05) is 25.4 Å². The molecule has 1 fully saturated rings. The first-order chi connectivity index (χ1) is 11.9. The van der Waals surface area contributed by atoms with Crippen LogP contribution in [-0.2, 0) is 4.74 Å². The molecule has 140 valence electrons. The number of nitrogens with one attached hydrogen (secondary N) is 2. The van der Waals surface area contributed by atoms with Gasteiger partial charge in [-0.3, -0.25) is 4.79 Å². The first-order valence-electron chi connectivity index (χ1n) is 8.66. The Hall–Kier alpha value is -1.73. The average molecular weight is 372 g/mol. The molecule has 1 aromatic heterocycles. The molecule has 0 spiro atoms. The number of ether oxygens (including phenoxy) is 1. The largest absolute Gasteiger partial charge is 0.465 e. The Labute approximate surface area is 152 Å². The van der Waals surface area contributed by atoms with Crippen LogP contribution < -0.4 is 5.32 Å². The third kappa shape index (κ3) is 4.46. The Morgan fingerprint density at radius 2 is 2.20 bits per heavy atom. The van der Waals surface area contributed by atoms with Gasteiger partial charge < -0.3 is 25.0 Å². The Morgan fingerprint density at radius 3 is 2.72 bits per heavy atom. The van der Waals surface area contributed by atoms with Gasteiger partial charge in [0.1, 0.15) is 5.69 Å². The number of aryl methyl sites for hydroxylation is 1. The first kappa shape index (κ1) is 19.6. The Kier molecular flexibility index (Phi) is 6.72. The number of piperidine rings is 1. The maximum absolute atomic E-state index is 12.5. The molecule has 1 unspecified atom stereocenters. The molecule has 1 saturated heterocycles. The Morgan fingerprint density at radius 1 is 1.48 bits per heavy atom. The third-order valence-electron chi connectivity index (χ3n) is 4.55. The van der Waals surface area contributed by atoms with E-state index in [1.165, 1.54) is 4.90 Å². The van der Waals surface area contributed by atoms with Gasteiger partial charge in [-0.2, -0.15) is 0 Å². The predicted octanol–water partition coefficient (Wildman–Crippen LogP) is 3.03. The Bertz CT molecular complexity index is 600. The second-order valence-electron chi connectivity index (χ2n) is 6.31. The van der Waals surface area contributed by atoms with Gasteiger partial charge in [0.2, 0.25) is 0 Å². The number of nitrogens with zero attached hydrogens (tertiary/aromatic N) is 1. The minimum atomic E-state index is -0.950. The molecule has 0 bridgehead atoms. The van der Waals surface area contributed by atoms with Crippen LogP contribution >= 0.6 is 11.6 Å². The number of hydrogen-bond donors (Lipinski definition) is 3. The molecule has 0 saturated carbocycles. The van der Waals surface area contributed by atoms with Gasteiger partial charge in [-0.05, 0) is 32.3 Å². The zero-order valence-corrected chi connectivity index (χ0v) is 15.6. The highest BCUT2D eigenvalue weighted by Gasteiger charge is 2.40. The normalized spacial score (nSPS) is 23.5. The van der Waals surface area contributed by atoms with E-state index in [0.29, 0.717) is 36.7 Å². The second kappa shape index (κ2) is 8.58. The molecular formula is C17H26ClN3O4. The van der Waals surface area contributed by atoms with Crippen LogP contribution in [0.3, 0.4) is 0 Å². The molecule has 3 atom stereocenters. The second-order valence-corrected chi connectivity index (χ2v) is 6.72. The third-order valence-corrected chi connectivity index (χ3v) is 4.94. The molecule has 8 heteroatoms. The van der Waals surface area contributed by atoms with Crippen molar-refractivity contribution in [2.75, 3.05) is 13.2 Å². The van der Waals surface area contributed by atoms with Crippen molar-refractivity contribution in [3.05, 3.63) is 22.5 Å². The molecule has 1 aliphatic rings. The quantitative estimate of drug-likeness (QED) is 0.716. The van der Waals surface area contributed by atoms with E-state index in [4.69, 9.17) is 16.3 Å². The molecule has 0 aliphatic carbocycles. The van der Waals surface area contributed by atoms with Crippen LogP contribution in [0.1, 0.15) is 49.3 Å². The summed E-state index contributed by atoms with van der Waals surface area (Å²) in [6, 6.07) is 1.07. The summed E-state index contributed by atoms with van der Waals surface area (Å²) in [5.74, 6) is -0.260. The molecule has 0 aromatic carbocycles. The monoisotopic (exact) mass is 371 g/mol. The number of hydrogen-bond acceptors (Lipinski definition) is 3. The molecule has 2 amide bonds. The number of aromatic nitrogens is 1. The van der Waals surface area contributed by atoms with E-state index in [0.717, 1.165) is 12.1 Å². The molecule has 2 rings (SSSR count). The van der Waals surface area contributed by atoms with Crippen LogP contribution in [-0.4, -0.2) is 58.3 Å². The number of likely N-dealkylation sites (tertiary alicyclic amines) is 1. The number of carbonyl (C=O) groups is 2. The highest BCUT2D eigenvalue weighted by Crippen LogP contribution is 2.25. The van der Waals surface area contributed by atoms with Crippen LogP contribution in [0.5, 0.6) is 0 Å². The number of carboxylic acid groups (broad SMARTS) is 1. The summed E-state index contributed by atoms with van der Waals surface area (Å²) in [5.41, 5.74) is 1.13. The molecule has 1 aliphatic heterocycles. The summed E-state index contributed by atoms with van der Waals surface area (Å²) in [7, 11) is 0. The van der Waals surface area contributed by atoms with Crippen LogP contribution in [0.15, 0.2) is 6.07 Å². The van der Waals surface area contributed by atoms with Gasteiger partial charge in [-0.15, -0.1) is 0 Å². The smallest absolute Gasteiger partial charge is 0.407 e. The van der Waals surface area contributed by atoms with Crippen LogP contribution in [0.4, 0.5) is 4.79 Å². The molecule has 3 N–H and O–H groups in total. The van der Waals surface area contributed by atoms with E-state index in [2.05, 4.69) is 10.3 Å². The standard InChI is InChI=1S/C17H26ClN3O4/c1-4-8-25-15-12(6-7-21(17(23)24)14(15)5-2)20-16(22)13-9-11(18)10(3)19-13/h9,12,14-15,19H,4-8H2,1-3H3,(H,20,22)(H,23,24)/t12-,14?,15+/m1/s1. The zero-order valence-electron chi connectivity index (χ0n) is 14.8. The molecular weight excluding hydrogens is 346 g/mol. The van der Waals surface area contributed by atoms with E-state index < -0.39 is 6.09 Å². The Balaban J connectivity index is 2.16. The summed E-state index contributed by atoms with van der Waals surface area (Å²) < 4.78 is 5.94. The van der Waals surface area contributed by atoms with Gasteiger partial charge >= 0.3 is 6.09 Å². The van der Waals surface area contributed by atoms with Crippen molar-refractivity contribution in [3.63, 3.8) is 0 Å². The predicted molar refractivity (Wildman–Crippen MR) is 95.3 cm³/mol. The lowest BCUT2D eigenvalue weighted by Gasteiger charge is -2.43. The van der Waals surface area contributed by atoms with E-state index in [1.807, 2.05) is 13.8 Å². The van der Waals surface area contributed by atoms with Crippen LogP contribution in [0, 0.1) is 6.92 Å². The van der Waals surface area contributed by atoms with Crippen molar-refractivity contribution >= 4 is 23.6 Å². The maximum atomic E-state index is 12.5. The summed E-state index contributed by atoms with van der Waals surface area (Å²) >= 11 is 6.01. The fraction of sp³-hybridized carbons (Fsp3) is 0.647. The zero-order chi connectivity index (χ0) is 18.6. The van der Waals surface area contributed by atoms with Crippen molar-refractivity contribution in [1.82, 2.24) is 15.2 Å². The lowest BCUT2D eigenvalue weighted by atomic mass is 9.92. The van der Waals surface area contributed by atoms with Gasteiger partial charge in [0.05, 0.1) is 23.2 Å². The van der Waals surface area contributed by atoms with Crippen molar-refractivity contribution in [2.45, 2.75) is 58.2 Å². The lowest BCUT2D eigenvalue weighted by molar-refractivity contribution is -0.0537. The number of halogens is 1. The number of carbonyl (C=O) groups excluding carboxylic acids is 1. The number of rotatable bonds is 6. The SMILES string of the molecule is CCCO[C@@H]1C(CC)N(C(=O)O)CC[C@H]1NC(=O)c1cc(Cl)c(C)[nH]1. The summed E-state index contributed by atoms with van der Waals surface area (Å²) in [4.78, 5) is 28.4. The average Bonchev–Trinajstić information content (AvgIpc) is 2.92. The van der Waals surface area contributed by atoms with Crippen LogP contribution in [0.25, 0.3) is 0 Å². The van der Waals surface area contributed by atoms with E-state index in [-0.39, 0.29) is 24.1 Å². The number of H-pyrrole nitrogens is 1. The van der Waals surface area contributed by atoms with Crippen LogP contribution in [0.2, 0.25) is 5.02 Å². The summed E-state index contributed by atoms with van der Waals surface area (Å²) in [6.07, 6.45) is 0.641. The van der Waals surface area contributed by atoms with Crippen molar-refractivity contribution in [3.8, 4) is 0 Å². The fourth-order valence-electron chi connectivity index (χ4n) is 3.28. The topological polar surface area (TPSA) is 94.7 Å². The van der Waals surface area contributed by atoms with E-state index >= 15 is 0 Å². The first-order valence-corrected chi connectivity index (χ1v) is 9.03. The highest BCUT2D eigenvalue weighted by molar-refractivity contribution is 6.31. The van der Waals surface area contributed by atoms with E-state index in [1.54, 1.807) is 13.0 Å². The maximum Gasteiger partial charge on any atom is 0.407 e. The van der Waals surface area contributed by atoms with Crippen molar-refractivity contribution in [2.24, 2.45) is 0 Å². The highest BCUT2D eigenvalue weighted by atomic mass is 35.5. The number of aromatic amines is 1. The van der Waals surface area contributed by atoms with Gasteiger partial charge in [0.15, 0.2) is 0 Å². The lowest BCUT2D eigenvalue weighted by Crippen LogP contribution is -2.61. The molecule has 1 aromatic rings. The van der Waals surface area contributed by atoms with E-state index in [9.17, 15) is 14.7 Å². The minimum Gasteiger partial charge on any atom is -0.465 e. The molecule has 7 nitrogen and oxygen atoms in total. The molecule has 2 heterocycles. The van der Waals surface area contributed by atoms with Gasteiger partial charge in [0, 0.05) is 18.8 Å². The minimum absolute atomic E-state index is 0.248. The molecule has 0 radical (unpaired) electrons. The van der Waals surface area contributed by atoms with Crippen molar-refractivity contribution in [1.29, 1.82) is 0 Å². The summed E-state index contributed by atoms with van der Waals surface area (Å²) in [5, 5.41) is 12.9. The number of amides is 2.